The van der Waals surface area contributed by atoms with E-state index in [0.29, 0.717) is 12.1 Å². The molecule has 0 radical (unpaired) electrons. The Kier molecular flexibility index (Phi) is 4.39. The number of nitrogens with zero attached hydrogens (tertiary/aromatic N) is 1. The van der Waals surface area contributed by atoms with E-state index in [-0.39, 0.29) is 6.04 Å². The molecule has 0 amide bonds. The molecular weight excluding hydrogens is 265 g/mol. The smallest absolute Gasteiger partial charge is 0.306 e. The molecule has 0 unspecified atom stereocenters. The Balaban J connectivity index is 2.01. The highest BCUT2D eigenvalue weighted by Crippen LogP contribution is 2.29. The van der Waals surface area contributed by atoms with E-state index in [1.54, 1.807) is 18.5 Å². The maximum atomic E-state index is 12.6. The summed E-state index contributed by atoms with van der Waals surface area (Å²) in [6.07, 6.45) is -0.877. The fourth-order valence-corrected chi connectivity index (χ4v) is 1.88. The van der Waals surface area contributed by atoms with Crippen molar-refractivity contribution in [2.75, 3.05) is 0 Å². The lowest BCUT2D eigenvalue weighted by Crippen LogP contribution is -2.18. The predicted octanol–water partition coefficient (Wildman–Crippen LogP) is 3.95. The van der Waals surface area contributed by atoms with Gasteiger partial charge >= 0.3 is 6.18 Å². The monoisotopic (exact) mass is 280 g/mol. The molecule has 2 aromatic rings. The number of hydrogen-bond acceptors (Lipinski definition) is 2. The lowest BCUT2D eigenvalue weighted by atomic mass is 10.1. The first-order chi connectivity index (χ1) is 9.47. The van der Waals surface area contributed by atoms with E-state index in [9.17, 15) is 13.2 Å². The van der Waals surface area contributed by atoms with Gasteiger partial charge in [0, 0.05) is 25.0 Å². The normalized spacial score (nSPS) is 13.2. The molecule has 1 heterocycles. The van der Waals surface area contributed by atoms with Crippen LogP contribution in [0, 0.1) is 0 Å². The number of hydrogen-bond donors (Lipinski definition) is 1. The fourth-order valence-electron chi connectivity index (χ4n) is 1.88. The summed E-state index contributed by atoms with van der Waals surface area (Å²) in [5.74, 6) is 0. The second-order valence-corrected chi connectivity index (χ2v) is 4.59. The summed E-state index contributed by atoms with van der Waals surface area (Å²) >= 11 is 0. The summed E-state index contributed by atoms with van der Waals surface area (Å²) in [6, 6.07) is 9.14. The zero-order valence-electron chi connectivity index (χ0n) is 11.0. The van der Waals surface area contributed by atoms with Gasteiger partial charge in [0.25, 0.3) is 0 Å². The summed E-state index contributed by atoms with van der Waals surface area (Å²) in [4.78, 5) is 4.02. The number of aromatic nitrogens is 1. The van der Waals surface area contributed by atoms with Crippen LogP contribution in [-0.2, 0) is 12.7 Å². The van der Waals surface area contributed by atoms with Gasteiger partial charge in [-0.25, -0.2) is 0 Å². The maximum absolute atomic E-state index is 12.6. The summed E-state index contributed by atoms with van der Waals surface area (Å²) in [5, 5.41) is 3.19. The molecule has 20 heavy (non-hydrogen) atoms. The van der Waals surface area contributed by atoms with E-state index in [1.165, 1.54) is 12.1 Å². The van der Waals surface area contributed by atoms with Crippen LogP contribution in [0.25, 0.3) is 0 Å². The molecule has 0 aliphatic rings. The highest BCUT2D eigenvalue weighted by molar-refractivity contribution is 5.25. The number of alkyl halides is 3. The van der Waals surface area contributed by atoms with Crippen LogP contribution >= 0.6 is 0 Å². The predicted molar refractivity (Wildman–Crippen MR) is 70.9 cm³/mol. The second-order valence-electron chi connectivity index (χ2n) is 4.59. The van der Waals surface area contributed by atoms with Crippen molar-refractivity contribution in [3.05, 3.63) is 65.5 Å². The molecule has 1 aromatic carbocycles. The SMILES string of the molecule is C[C@H](NCc1cccc(C(F)(F)F)c1)c1cccnc1. The third-order valence-electron chi connectivity index (χ3n) is 3.05. The molecule has 0 spiro atoms. The van der Waals surface area contributed by atoms with E-state index in [2.05, 4.69) is 10.3 Å². The Labute approximate surface area is 115 Å². The molecule has 0 saturated carbocycles. The number of halogens is 3. The summed E-state index contributed by atoms with van der Waals surface area (Å²) in [6.45, 7) is 2.32. The van der Waals surface area contributed by atoms with Gasteiger partial charge in [-0.1, -0.05) is 24.3 Å². The Morgan fingerprint density at radius 1 is 1.20 bits per heavy atom. The van der Waals surface area contributed by atoms with Crippen LogP contribution in [0.4, 0.5) is 13.2 Å². The first kappa shape index (κ1) is 14.5. The van der Waals surface area contributed by atoms with Crippen molar-refractivity contribution in [2.24, 2.45) is 0 Å². The maximum Gasteiger partial charge on any atom is 0.416 e. The average molecular weight is 280 g/mol. The molecule has 2 nitrogen and oxygen atoms in total. The van der Waals surface area contributed by atoms with Crippen LogP contribution in [0.3, 0.4) is 0 Å². The largest absolute Gasteiger partial charge is 0.416 e. The molecule has 0 bridgehead atoms. The summed E-state index contributed by atoms with van der Waals surface area (Å²) in [5.41, 5.74) is 0.987. The van der Waals surface area contributed by atoms with Crippen molar-refractivity contribution in [1.29, 1.82) is 0 Å². The molecule has 5 heteroatoms. The average Bonchev–Trinajstić information content (AvgIpc) is 2.45. The van der Waals surface area contributed by atoms with Gasteiger partial charge in [0.2, 0.25) is 0 Å². The van der Waals surface area contributed by atoms with Gasteiger partial charge in [-0.3, -0.25) is 4.98 Å². The van der Waals surface area contributed by atoms with E-state index in [4.69, 9.17) is 0 Å². The van der Waals surface area contributed by atoms with E-state index < -0.39 is 11.7 Å². The van der Waals surface area contributed by atoms with Crippen LogP contribution in [-0.4, -0.2) is 4.98 Å². The van der Waals surface area contributed by atoms with Crippen molar-refractivity contribution in [1.82, 2.24) is 10.3 Å². The number of rotatable bonds is 4. The topological polar surface area (TPSA) is 24.9 Å². The van der Waals surface area contributed by atoms with Gasteiger partial charge in [-0.15, -0.1) is 0 Å². The van der Waals surface area contributed by atoms with Crippen molar-refractivity contribution in [2.45, 2.75) is 25.7 Å². The highest BCUT2D eigenvalue weighted by Gasteiger charge is 2.30. The standard InChI is InChI=1S/C15H15F3N2/c1-11(13-5-3-7-19-10-13)20-9-12-4-2-6-14(8-12)15(16,17)18/h2-8,10-11,20H,9H2,1H3/t11-/m0/s1. The van der Waals surface area contributed by atoms with Crippen molar-refractivity contribution in [3.8, 4) is 0 Å². The van der Waals surface area contributed by atoms with E-state index >= 15 is 0 Å². The number of nitrogens with one attached hydrogen (secondary N) is 1. The summed E-state index contributed by atoms with van der Waals surface area (Å²) < 4.78 is 37.8. The molecule has 0 aliphatic carbocycles. The van der Waals surface area contributed by atoms with Crippen LogP contribution in [0.2, 0.25) is 0 Å². The van der Waals surface area contributed by atoms with Gasteiger partial charge in [0.1, 0.15) is 0 Å². The summed E-state index contributed by atoms with van der Waals surface area (Å²) in [7, 11) is 0. The lowest BCUT2D eigenvalue weighted by molar-refractivity contribution is -0.137. The molecule has 0 aliphatic heterocycles. The molecule has 0 saturated heterocycles. The van der Waals surface area contributed by atoms with Crippen LogP contribution in [0.1, 0.15) is 29.7 Å². The highest BCUT2D eigenvalue weighted by atomic mass is 19.4. The third kappa shape index (κ3) is 3.81. The zero-order chi connectivity index (χ0) is 14.6. The molecule has 1 atom stereocenters. The van der Waals surface area contributed by atoms with E-state index in [1.807, 2.05) is 19.1 Å². The first-order valence-corrected chi connectivity index (χ1v) is 6.26. The minimum Gasteiger partial charge on any atom is -0.306 e. The fraction of sp³-hybridized carbons (Fsp3) is 0.267. The minimum atomic E-state index is -4.30. The van der Waals surface area contributed by atoms with E-state index in [0.717, 1.165) is 11.6 Å². The Morgan fingerprint density at radius 2 is 2.00 bits per heavy atom. The molecule has 1 N–H and O–H groups in total. The van der Waals surface area contributed by atoms with Crippen molar-refractivity contribution >= 4 is 0 Å². The van der Waals surface area contributed by atoms with Crippen LogP contribution in [0.5, 0.6) is 0 Å². The Bertz CT molecular complexity index is 553. The molecule has 0 fully saturated rings. The van der Waals surface area contributed by atoms with Crippen LogP contribution < -0.4 is 5.32 Å². The van der Waals surface area contributed by atoms with Gasteiger partial charge < -0.3 is 5.32 Å². The van der Waals surface area contributed by atoms with Gasteiger partial charge in [-0.2, -0.15) is 13.2 Å². The molecule has 2 rings (SSSR count). The molecule has 106 valence electrons. The lowest BCUT2D eigenvalue weighted by Gasteiger charge is -2.14. The molecular formula is C15H15F3N2. The van der Waals surface area contributed by atoms with Gasteiger partial charge in [0.05, 0.1) is 5.56 Å². The Morgan fingerprint density at radius 3 is 2.65 bits per heavy atom. The van der Waals surface area contributed by atoms with Gasteiger partial charge in [-0.05, 0) is 30.2 Å². The zero-order valence-corrected chi connectivity index (χ0v) is 11.0. The molecule has 1 aromatic heterocycles. The first-order valence-electron chi connectivity index (χ1n) is 6.26. The van der Waals surface area contributed by atoms with Crippen molar-refractivity contribution < 1.29 is 13.2 Å². The quantitative estimate of drug-likeness (QED) is 0.917. The minimum absolute atomic E-state index is 0.0262. The number of pyridine rings is 1. The van der Waals surface area contributed by atoms with Crippen LogP contribution in [0.15, 0.2) is 48.8 Å². The Hall–Kier alpha value is -1.88. The number of benzene rings is 1. The second kappa shape index (κ2) is 6.05. The van der Waals surface area contributed by atoms with Gasteiger partial charge in [0.15, 0.2) is 0 Å². The van der Waals surface area contributed by atoms with Crippen molar-refractivity contribution in [3.63, 3.8) is 0 Å². The third-order valence-corrected chi connectivity index (χ3v) is 3.05.